The van der Waals surface area contributed by atoms with E-state index < -0.39 is 0 Å². The highest BCUT2D eigenvalue weighted by molar-refractivity contribution is 5.97. The molecule has 2 saturated heterocycles. The molecule has 4 atom stereocenters. The van der Waals surface area contributed by atoms with Crippen LogP contribution in [0.1, 0.15) is 36.5 Å². The summed E-state index contributed by atoms with van der Waals surface area (Å²) in [5.74, 6) is 2.31. The van der Waals surface area contributed by atoms with Crippen LogP contribution in [0.2, 0.25) is 0 Å². The Bertz CT molecular complexity index is 650. The number of nitrogens with one attached hydrogen (secondary N) is 2. The quantitative estimate of drug-likeness (QED) is 0.851. The lowest BCUT2D eigenvalue weighted by atomic mass is 9.92. The van der Waals surface area contributed by atoms with Crippen molar-refractivity contribution >= 4 is 29.9 Å². The maximum Gasteiger partial charge on any atom is 0.253 e. The van der Waals surface area contributed by atoms with Crippen molar-refractivity contribution in [1.29, 1.82) is 0 Å². The van der Waals surface area contributed by atoms with Crippen molar-refractivity contribution in [2.75, 3.05) is 31.5 Å². The molecular weight excluding hydrogens is 350 g/mol. The third-order valence-electron chi connectivity index (χ3n) is 6.15. The lowest BCUT2D eigenvalue weighted by molar-refractivity contribution is -0.117. The monoisotopic (exact) mass is 377 g/mol. The molecule has 5 nitrogen and oxygen atoms in total. The molecule has 3 aliphatic rings. The first-order valence-corrected chi connectivity index (χ1v) is 9.52. The second-order valence-corrected chi connectivity index (χ2v) is 7.93. The van der Waals surface area contributed by atoms with E-state index >= 15 is 0 Å². The van der Waals surface area contributed by atoms with E-state index in [1.54, 1.807) is 0 Å². The molecule has 3 fully saturated rings. The van der Waals surface area contributed by atoms with Gasteiger partial charge in [0.1, 0.15) is 0 Å². The highest BCUT2D eigenvalue weighted by atomic mass is 35.5. The fourth-order valence-corrected chi connectivity index (χ4v) is 4.22. The molecule has 2 aliphatic heterocycles. The lowest BCUT2D eigenvalue weighted by Crippen LogP contribution is -2.32. The fourth-order valence-electron chi connectivity index (χ4n) is 4.22. The van der Waals surface area contributed by atoms with Gasteiger partial charge in [0.15, 0.2) is 0 Å². The molecule has 1 aromatic carbocycles. The van der Waals surface area contributed by atoms with Crippen LogP contribution in [-0.4, -0.2) is 42.9 Å². The van der Waals surface area contributed by atoms with E-state index in [4.69, 9.17) is 0 Å². The number of hydrogen-bond acceptors (Lipinski definition) is 3. The summed E-state index contributed by atoms with van der Waals surface area (Å²) in [6, 6.07) is 7.35. The van der Waals surface area contributed by atoms with Crippen LogP contribution in [0.15, 0.2) is 24.3 Å². The molecule has 6 heteroatoms. The molecule has 1 aliphatic carbocycles. The summed E-state index contributed by atoms with van der Waals surface area (Å²) < 4.78 is 0. The van der Waals surface area contributed by atoms with Crippen LogP contribution >= 0.6 is 12.4 Å². The van der Waals surface area contributed by atoms with E-state index in [9.17, 15) is 9.59 Å². The topological polar surface area (TPSA) is 61.4 Å². The van der Waals surface area contributed by atoms with E-state index in [0.29, 0.717) is 11.5 Å². The Morgan fingerprint density at radius 2 is 1.65 bits per heavy atom. The van der Waals surface area contributed by atoms with Crippen LogP contribution in [-0.2, 0) is 4.79 Å². The minimum atomic E-state index is 0. The summed E-state index contributed by atoms with van der Waals surface area (Å²) in [6.07, 6.45) is 3.17. The third kappa shape index (κ3) is 4.04. The summed E-state index contributed by atoms with van der Waals surface area (Å²) in [4.78, 5) is 26.8. The van der Waals surface area contributed by atoms with Crippen LogP contribution in [0.25, 0.3) is 0 Å². The number of amides is 2. The normalized spacial score (nSPS) is 30.0. The molecule has 0 aromatic heterocycles. The Labute approximate surface area is 161 Å². The molecule has 2 N–H and O–H groups in total. The van der Waals surface area contributed by atoms with Crippen molar-refractivity contribution in [3.8, 4) is 0 Å². The second kappa shape index (κ2) is 7.97. The number of likely N-dealkylation sites (tertiary alicyclic amines) is 1. The first-order valence-electron chi connectivity index (χ1n) is 9.52. The van der Waals surface area contributed by atoms with Gasteiger partial charge in [0.25, 0.3) is 5.91 Å². The lowest BCUT2D eigenvalue weighted by Gasteiger charge is -2.21. The van der Waals surface area contributed by atoms with E-state index in [0.717, 1.165) is 63.0 Å². The summed E-state index contributed by atoms with van der Waals surface area (Å²) in [6.45, 7) is 5.98. The molecule has 142 valence electrons. The van der Waals surface area contributed by atoms with Crippen LogP contribution in [0.3, 0.4) is 0 Å². The minimum absolute atomic E-state index is 0. The van der Waals surface area contributed by atoms with Gasteiger partial charge in [0.05, 0.1) is 0 Å². The van der Waals surface area contributed by atoms with Gasteiger partial charge in [-0.2, -0.15) is 0 Å². The summed E-state index contributed by atoms with van der Waals surface area (Å²) in [5, 5.41) is 6.41. The van der Waals surface area contributed by atoms with Gasteiger partial charge in [-0.05, 0) is 74.4 Å². The van der Waals surface area contributed by atoms with Crippen molar-refractivity contribution < 1.29 is 9.59 Å². The van der Waals surface area contributed by atoms with E-state index in [2.05, 4.69) is 17.6 Å². The van der Waals surface area contributed by atoms with Crippen LogP contribution < -0.4 is 10.6 Å². The zero-order chi connectivity index (χ0) is 17.4. The molecule has 1 saturated carbocycles. The molecule has 2 heterocycles. The van der Waals surface area contributed by atoms with Crippen molar-refractivity contribution in [3.63, 3.8) is 0 Å². The number of carbonyl (C=O) groups excluding carboxylic acids is 2. The number of fused-ring (bicyclic) bond motifs is 1. The van der Waals surface area contributed by atoms with Crippen molar-refractivity contribution in [2.24, 2.45) is 23.7 Å². The SMILES string of the molecule is CC1CC1C(=O)Nc1ccc(C(=O)N2CC[C@@H]3CNC[C@@H]3CC2)cc1.Cl. The van der Waals surface area contributed by atoms with E-state index in [1.165, 1.54) is 0 Å². The zero-order valence-electron chi connectivity index (χ0n) is 15.2. The van der Waals surface area contributed by atoms with Crippen molar-refractivity contribution in [3.05, 3.63) is 29.8 Å². The number of hydrogen-bond donors (Lipinski definition) is 2. The van der Waals surface area contributed by atoms with Crippen LogP contribution in [0.4, 0.5) is 5.69 Å². The molecule has 4 rings (SSSR count). The molecule has 26 heavy (non-hydrogen) atoms. The number of anilines is 1. The highest BCUT2D eigenvalue weighted by Crippen LogP contribution is 2.38. The second-order valence-electron chi connectivity index (χ2n) is 7.93. The van der Waals surface area contributed by atoms with Crippen molar-refractivity contribution in [1.82, 2.24) is 10.2 Å². The Morgan fingerprint density at radius 1 is 1.08 bits per heavy atom. The summed E-state index contributed by atoms with van der Waals surface area (Å²) in [5.41, 5.74) is 1.49. The first-order chi connectivity index (χ1) is 12.1. The average molecular weight is 378 g/mol. The van der Waals surface area contributed by atoms with Gasteiger partial charge < -0.3 is 15.5 Å². The largest absolute Gasteiger partial charge is 0.339 e. The van der Waals surface area contributed by atoms with E-state index in [-0.39, 0.29) is 30.1 Å². The fraction of sp³-hybridized carbons (Fsp3) is 0.600. The predicted molar refractivity (Wildman–Crippen MR) is 105 cm³/mol. The summed E-state index contributed by atoms with van der Waals surface area (Å²) >= 11 is 0. The molecular formula is C20H28ClN3O2. The summed E-state index contributed by atoms with van der Waals surface area (Å²) in [7, 11) is 0. The number of halogens is 1. The standard InChI is InChI=1S/C20H27N3O2.ClH/c1-13-10-18(13)19(24)22-17-4-2-14(3-5-17)20(25)23-8-6-15-11-21-12-16(15)7-9-23;/h2-5,13,15-16,18,21H,6-12H2,1H3,(H,22,24);1H/t13?,15-,16+,18?;. The van der Waals surface area contributed by atoms with Crippen LogP contribution in [0, 0.1) is 23.7 Å². The number of carbonyl (C=O) groups is 2. The van der Waals surface area contributed by atoms with Gasteiger partial charge in [-0.3, -0.25) is 9.59 Å². The maximum absolute atomic E-state index is 12.8. The number of benzene rings is 1. The zero-order valence-corrected chi connectivity index (χ0v) is 16.1. The van der Waals surface area contributed by atoms with E-state index in [1.807, 2.05) is 29.2 Å². The number of rotatable bonds is 3. The Hall–Kier alpha value is -1.59. The molecule has 1 aromatic rings. The molecule has 0 spiro atoms. The maximum atomic E-state index is 12.8. The van der Waals surface area contributed by atoms with Gasteiger partial charge in [-0.1, -0.05) is 6.92 Å². The van der Waals surface area contributed by atoms with Gasteiger partial charge in [0, 0.05) is 30.3 Å². The molecule has 2 unspecified atom stereocenters. The molecule has 0 bridgehead atoms. The number of nitrogens with zero attached hydrogens (tertiary/aromatic N) is 1. The Kier molecular flexibility index (Phi) is 5.88. The molecule has 0 radical (unpaired) electrons. The predicted octanol–water partition coefficient (Wildman–Crippen LogP) is 2.77. The average Bonchev–Trinajstić information content (AvgIpc) is 3.25. The third-order valence-corrected chi connectivity index (χ3v) is 6.15. The minimum Gasteiger partial charge on any atom is -0.339 e. The smallest absolute Gasteiger partial charge is 0.253 e. The van der Waals surface area contributed by atoms with Gasteiger partial charge in [0.2, 0.25) is 5.91 Å². The highest BCUT2D eigenvalue weighted by Gasteiger charge is 2.39. The Balaban J connectivity index is 0.00000196. The Morgan fingerprint density at radius 3 is 2.19 bits per heavy atom. The van der Waals surface area contributed by atoms with Gasteiger partial charge >= 0.3 is 0 Å². The molecule has 2 amide bonds. The van der Waals surface area contributed by atoms with Crippen molar-refractivity contribution in [2.45, 2.75) is 26.2 Å². The first kappa shape index (κ1) is 19.2. The van der Waals surface area contributed by atoms with Gasteiger partial charge in [-0.15, -0.1) is 12.4 Å². The van der Waals surface area contributed by atoms with Gasteiger partial charge in [-0.25, -0.2) is 0 Å². The van der Waals surface area contributed by atoms with Crippen LogP contribution in [0.5, 0.6) is 0 Å².